The average molecular weight is 318 g/mol. The average Bonchev–Trinajstić information content (AvgIpc) is 2.44. The molecule has 2 atom stereocenters. The second kappa shape index (κ2) is 7.45. The molecule has 0 aliphatic rings. The molecule has 0 saturated heterocycles. The van der Waals surface area contributed by atoms with E-state index in [9.17, 15) is 18.3 Å². The first-order valence-electron chi connectivity index (χ1n) is 6.11. The molecule has 2 aromatic carbocycles. The van der Waals surface area contributed by atoms with Gasteiger partial charge < -0.3 is 10.8 Å². The van der Waals surface area contributed by atoms with Crippen LogP contribution in [0, 0.1) is 17.5 Å². The van der Waals surface area contributed by atoms with Crippen molar-refractivity contribution < 1.29 is 18.3 Å². The monoisotopic (exact) mass is 317 g/mol. The third-order valence-corrected chi connectivity index (χ3v) is 3.09. The summed E-state index contributed by atoms with van der Waals surface area (Å²) in [5, 5.41) is 10.0. The second-order valence-corrected chi connectivity index (χ2v) is 4.58. The Morgan fingerprint density at radius 3 is 2.05 bits per heavy atom. The molecule has 0 aliphatic carbocycles. The highest BCUT2D eigenvalue weighted by Gasteiger charge is 2.21. The summed E-state index contributed by atoms with van der Waals surface area (Å²) in [5.74, 6) is -4.18. The number of halogens is 4. The molecule has 0 fully saturated rings. The molecule has 114 valence electrons. The smallest absolute Gasteiger partial charge is 0.194 e. The van der Waals surface area contributed by atoms with E-state index in [1.54, 1.807) is 0 Å². The second-order valence-electron chi connectivity index (χ2n) is 4.58. The van der Waals surface area contributed by atoms with Gasteiger partial charge in [-0.1, -0.05) is 30.3 Å². The summed E-state index contributed by atoms with van der Waals surface area (Å²) in [5.41, 5.74) is 6.63. The van der Waals surface area contributed by atoms with Gasteiger partial charge in [0.15, 0.2) is 17.5 Å². The molecule has 0 spiro atoms. The van der Waals surface area contributed by atoms with Crippen LogP contribution in [0.3, 0.4) is 0 Å². The topological polar surface area (TPSA) is 46.2 Å². The van der Waals surface area contributed by atoms with Crippen LogP contribution in [0.15, 0.2) is 42.5 Å². The van der Waals surface area contributed by atoms with Crippen LogP contribution in [0.2, 0.25) is 0 Å². The highest BCUT2D eigenvalue weighted by molar-refractivity contribution is 5.85. The van der Waals surface area contributed by atoms with Gasteiger partial charge in [-0.15, -0.1) is 12.4 Å². The predicted octanol–water partition coefficient (Wildman–Crippen LogP) is 3.13. The standard InChI is InChI=1S/C15H14F3NO.ClH/c16-11-7-10(8-12(17)14(11)18)15(19)13(20)6-9-4-2-1-3-5-9;/h1-5,7-8,13,15,20H,6,19H2;1H/t13-,15+;/m1./s1. The number of rotatable bonds is 4. The quantitative estimate of drug-likeness (QED) is 0.851. The minimum absolute atomic E-state index is 0. The van der Waals surface area contributed by atoms with Crippen molar-refractivity contribution in [2.24, 2.45) is 5.73 Å². The van der Waals surface area contributed by atoms with Crippen LogP contribution in [0.5, 0.6) is 0 Å². The van der Waals surface area contributed by atoms with Crippen molar-refractivity contribution >= 4 is 12.4 Å². The number of aliphatic hydroxyl groups excluding tert-OH is 1. The van der Waals surface area contributed by atoms with Gasteiger partial charge in [-0.05, 0) is 23.3 Å². The van der Waals surface area contributed by atoms with Crippen molar-refractivity contribution in [2.75, 3.05) is 0 Å². The van der Waals surface area contributed by atoms with Crippen LogP contribution >= 0.6 is 12.4 Å². The fourth-order valence-corrected chi connectivity index (χ4v) is 1.97. The Morgan fingerprint density at radius 1 is 1.00 bits per heavy atom. The molecule has 0 heterocycles. The van der Waals surface area contributed by atoms with Crippen molar-refractivity contribution in [3.63, 3.8) is 0 Å². The fraction of sp³-hybridized carbons (Fsp3) is 0.200. The number of benzene rings is 2. The van der Waals surface area contributed by atoms with Gasteiger partial charge >= 0.3 is 0 Å². The van der Waals surface area contributed by atoms with E-state index < -0.39 is 29.6 Å². The lowest BCUT2D eigenvalue weighted by atomic mass is 9.96. The van der Waals surface area contributed by atoms with E-state index in [0.717, 1.165) is 17.7 Å². The molecule has 3 N–H and O–H groups in total. The van der Waals surface area contributed by atoms with E-state index in [1.807, 2.05) is 30.3 Å². The van der Waals surface area contributed by atoms with Gasteiger partial charge in [0.2, 0.25) is 0 Å². The van der Waals surface area contributed by atoms with Gasteiger partial charge in [0.25, 0.3) is 0 Å². The van der Waals surface area contributed by atoms with Crippen molar-refractivity contribution in [2.45, 2.75) is 18.6 Å². The molecule has 0 unspecified atom stereocenters. The van der Waals surface area contributed by atoms with E-state index in [1.165, 1.54) is 0 Å². The summed E-state index contributed by atoms with van der Waals surface area (Å²) in [6.45, 7) is 0. The largest absolute Gasteiger partial charge is 0.391 e. The van der Waals surface area contributed by atoms with Crippen LogP contribution in [-0.4, -0.2) is 11.2 Å². The van der Waals surface area contributed by atoms with E-state index >= 15 is 0 Å². The Morgan fingerprint density at radius 2 is 1.52 bits per heavy atom. The third kappa shape index (κ3) is 4.20. The first-order valence-corrected chi connectivity index (χ1v) is 6.11. The first kappa shape index (κ1) is 17.5. The Hall–Kier alpha value is -1.56. The molecule has 0 bridgehead atoms. The molecule has 2 rings (SSSR count). The van der Waals surface area contributed by atoms with Crippen molar-refractivity contribution in [3.8, 4) is 0 Å². The molecule has 2 nitrogen and oxygen atoms in total. The molecular weight excluding hydrogens is 303 g/mol. The lowest BCUT2D eigenvalue weighted by Crippen LogP contribution is -2.28. The summed E-state index contributed by atoms with van der Waals surface area (Å²) < 4.78 is 39.1. The zero-order chi connectivity index (χ0) is 14.7. The summed E-state index contributed by atoms with van der Waals surface area (Å²) in [6.07, 6.45) is -0.788. The van der Waals surface area contributed by atoms with Gasteiger partial charge in [0.05, 0.1) is 12.1 Å². The number of hydrogen-bond donors (Lipinski definition) is 2. The van der Waals surface area contributed by atoms with Gasteiger partial charge in [0, 0.05) is 6.42 Å². The molecular formula is C15H15ClF3NO. The van der Waals surface area contributed by atoms with Crippen molar-refractivity contribution in [1.29, 1.82) is 0 Å². The maximum atomic E-state index is 13.1. The minimum atomic E-state index is -1.54. The first-order chi connectivity index (χ1) is 9.49. The van der Waals surface area contributed by atoms with Crippen LogP contribution in [0.4, 0.5) is 13.2 Å². The van der Waals surface area contributed by atoms with Gasteiger partial charge in [-0.2, -0.15) is 0 Å². The fourth-order valence-electron chi connectivity index (χ4n) is 1.97. The Kier molecular flexibility index (Phi) is 6.20. The van der Waals surface area contributed by atoms with E-state index in [2.05, 4.69) is 0 Å². The van der Waals surface area contributed by atoms with Crippen molar-refractivity contribution in [3.05, 3.63) is 71.0 Å². The highest BCUT2D eigenvalue weighted by Crippen LogP contribution is 2.21. The summed E-state index contributed by atoms with van der Waals surface area (Å²) >= 11 is 0. The van der Waals surface area contributed by atoms with E-state index in [4.69, 9.17) is 5.73 Å². The van der Waals surface area contributed by atoms with E-state index in [-0.39, 0.29) is 24.4 Å². The lowest BCUT2D eigenvalue weighted by Gasteiger charge is -2.19. The molecule has 0 amide bonds. The molecule has 0 aromatic heterocycles. The number of aliphatic hydroxyl groups is 1. The van der Waals surface area contributed by atoms with Gasteiger partial charge in [-0.3, -0.25) is 0 Å². The van der Waals surface area contributed by atoms with Gasteiger partial charge in [0.1, 0.15) is 0 Å². The number of hydrogen-bond acceptors (Lipinski definition) is 2. The zero-order valence-corrected chi connectivity index (χ0v) is 11.8. The predicted molar refractivity (Wildman–Crippen MR) is 76.6 cm³/mol. The Labute approximate surface area is 126 Å². The van der Waals surface area contributed by atoms with Crippen LogP contribution in [0.1, 0.15) is 17.2 Å². The van der Waals surface area contributed by atoms with Crippen LogP contribution in [0.25, 0.3) is 0 Å². The highest BCUT2D eigenvalue weighted by atomic mass is 35.5. The molecule has 0 radical (unpaired) electrons. The molecule has 0 aliphatic heterocycles. The summed E-state index contributed by atoms with van der Waals surface area (Å²) in [4.78, 5) is 0. The van der Waals surface area contributed by atoms with E-state index in [0.29, 0.717) is 0 Å². The minimum Gasteiger partial charge on any atom is -0.391 e. The van der Waals surface area contributed by atoms with Crippen LogP contribution < -0.4 is 5.73 Å². The molecule has 2 aromatic rings. The Bertz CT molecular complexity index is 572. The molecule has 6 heteroatoms. The summed E-state index contributed by atoms with van der Waals surface area (Å²) in [6, 6.07) is 9.67. The van der Waals surface area contributed by atoms with Crippen LogP contribution in [-0.2, 0) is 6.42 Å². The molecule has 0 saturated carbocycles. The third-order valence-electron chi connectivity index (χ3n) is 3.09. The lowest BCUT2D eigenvalue weighted by molar-refractivity contribution is 0.144. The number of nitrogens with two attached hydrogens (primary N) is 1. The SMILES string of the molecule is Cl.N[C@@H](c1cc(F)c(F)c(F)c1)[C@H](O)Cc1ccccc1. The Balaban J connectivity index is 0.00000220. The summed E-state index contributed by atoms with van der Waals surface area (Å²) in [7, 11) is 0. The normalized spacial score (nSPS) is 13.4. The van der Waals surface area contributed by atoms with Gasteiger partial charge in [-0.25, -0.2) is 13.2 Å². The molecule has 21 heavy (non-hydrogen) atoms. The maximum absolute atomic E-state index is 13.1. The maximum Gasteiger partial charge on any atom is 0.194 e. The van der Waals surface area contributed by atoms with Crippen molar-refractivity contribution in [1.82, 2.24) is 0 Å². The zero-order valence-electron chi connectivity index (χ0n) is 11.0.